The molecule has 0 atom stereocenters. The molecule has 0 saturated carbocycles. The number of benzene rings is 6. The molecule has 0 aromatic heterocycles. The molecule has 6 aromatic rings. The minimum absolute atomic E-state index is 0.923. The van der Waals surface area contributed by atoms with E-state index in [-0.39, 0.29) is 0 Å². The summed E-state index contributed by atoms with van der Waals surface area (Å²) in [7, 11) is 0. The second-order valence-electron chi connectivity index (χ2n) is 11.5. The van der Waals surface area contributed by atoms with Crippen LogP contribution in [0.4, 0.5) is 0 Å². The molecule has 6 rings (SSSR count). The lowest BCUT2D eigenvalue weighted by Gasteiger charge is -2.15. The van der Waals surface area contributed by atoms with E-state index >= 15 is 0 Å². The van der Waals surface area contributed by atoms with Gasteiger partial charge in [0, 0.05) is 11.3 Å². The molecular formula is C44H37N. The third kappa shape index (κ3) is 6.84. The molecule has 0 heterocycles. The Morgan fingerprint density at radius 1 is 0.422 bits per heavy atom. The first-order valence-electron chi connectivity index (χ1n) is 15.4. The van der Waals surface area contributed by atoms with Crippen LogP contribution in [0.2, 0.25) is 0 Å². The van der Waals surface area contributed by atoms with E-state index in [9.17, 15) is 0 Å². The van der Waals surface area contributed by atoms with Crippen LogP contribution in [-0.4, -0.2) is 5.71 Å². The standard InChI is InChI=1S/C44H37N/c1-31-15-17-39(18-16-31)42-25-21-36(22-26-42)34(4)45-44(43-29-27-41(28-30-43)38-13-9-6-10-14-38)33(3)32(2)35-19-23-40(24-20-35)37-11-7-5-8-12-37/h5-30H,2H2,1,3-4H3/b44-33-,45-34+. The molecule has 0 aliphatic rings. The SMILES string of the molecule is C=C(/C(C)=C(\N=C(/C)c1ccc(-c2ccc(C)cc2)cc1)c1ccc(-c2ccccc2)cc1)c1ccc(-c2ccccc2)cc1. The number of hydrogen-bond donors (Lipinski definition) is 0. The lowest BCUT2D eigenvalue weighted by molar-refractivity contribution is 1.40. The summed E-state index contributed by atoms with van der Waals surface area (Å²) in [4.78, 5) is 5.28. The zero-order valence-corrected chi connectivity index (χ0v) is 26.2. The third-order valence-corrected chi connectivity index (χ3v) is 8.38. The summed E-state index contributed by atoms with van der Waals surface area (Å²) in [5, 5.41) is 0. The van der Waals surface area contributed by atoms with Crippen molar-refractivity contribution < 1.29 is 0 Å². The Bertz CT molecular complexity index is 1960. The molecule has 1 heteroatoms. The van der Waals surface area contributed by atoms with E-state index in [2.05, 4.69) is 173 Å². The monoisotopic (exact) mass is 579 g/mol. The third-order valence-electron chi connectivity index (χ3n) is 8.38. The Labute approximate surface area is 267 Å². The second-order valence-corrected chi connectivity index (χ2v) is 11.5. The lowest BCUT2D eigenvalue weighted by Crippen LogP contribution is -1.98. The van der Waals surface area contributed by atoms with E-state index in [4.69, 9.17) is 4.99 Å². The molecule has 0 saturated heterocycles. The molecule has 0 radical (unpaired) electrons. The first-order valence-corrected chi connectivity index (χ1v) is 15.4. The van der Waals surface area contributed by atoms with Crippen LogP contribution in [0.15, 0.2) is 175 Å². The molecule has 0 bridgehead atoms. The van der Waals surface area contributed by atoms with Crippen molar-refractivity contribution in [2.75, 3.05) is 0 Å². The predicted octanol–water partition coefficient (Wildman–Crippen LogP) is 11.9. The largest absolute Gasteiger partial charge is 0.252 e. The summed E-state index contributed by atoms with van der Waals surface area (Å²) in [5.74, 6) is 0. The van der Waals surface area contributed by atoms with E-state index < -0.39 is 0 Å². The number of allylic oxidation sites excluding steroid dienone is 2. The first-order chi connectivity index (χ1) is 22.0. The van der Waals surface area contributed by atoms with Gasteiger partial charge in [0.15, 0.2) is 0 Å². The summed E-state index contributed by atoms with van der Waals surface area (Å²) in [5.41, 5.74) is 15.6. The summed E-state index contributed by atoms with van der Waals surface area (Å²) >= 11 is 0. The van der Waals surface area contributed by atoms with E-state index in [1.165, 1.54) is 38.9 Å². The minimum Gasteiger partial charge on any atom is -0.252 e. The molecule has 45 heavy (non-hydrogen) atoms. The zero-order valence-electron chi connectivity index (χ0n) is 26.2. The van der Waals surface area contributed by atoms with Crippen molar-refractivity contribution in [2.45, 2.75) is 20.8 Å². The quantitative estimate of drug-likeness (QED) is 0.126. The van der Waals surface area contributed by atoms with E-state index in [1.54, 1.807) is 0 Å². The zero-order chi connectivity index (χ0) is 31.2. The van der Waals surface area contributed by atoms with Crippen LogP contribution in [0, 0.1) is 6.92 Å². The van der Waals surface area contributed by atoms with E-state index in [0.29, 0.717) is 0 Å². The van der Waals surface area contributed by atoms with Crippen LogP contribution in [0.25, 0.3) is 44.7 Å². The van der Waals surface area contributed by atoms with Gasteiger partial charge in [-0.15, -0.1) is 0 Å². The van der Waals surface area contributed by atoms with Gasteiger partial charge < -0.3 is 0 Å². The Kier molecular flexibility index (Phi) is 8.80. The molecule has 0 aliphatic heterocycles. The predicted molar refractivity (Wildman–Crippen MR) is 194 cm³/mol. The molecule has 0 N–H and O–H groups in total. The molecule has 6 aromatic carbocycles. The molecule has 218 valence electrons. The smallest absolute Gasteiger partial charge is 0.0740 e. The Morgan fingerprint density at radius 2 is 0.778 bits per heavy atom. The molecule has 0 amide bonds. The summed E-state index contributed by atoms with van der Waals surface area (Å²) in [6, 6.07) is 55.6. The first kappa shape index (κ1) is 29.5. The number of hydrogen-bond acceptors (Lipinski definition) is 1. The van der Waals surface area contributed by atoms with Crippen molar-refractivity contribution in [1.82, 2.24) is 0 Å². The van der Waals surface area contributed by atoms with Gasteiger partial charge in [-0.25, -0.2) is 0 Å². The maximum atomic E-state index is 5.28. The number of nitrogens with zero attached hydrogens (tertiary/aromatic N) is 1. The van der Waals surface area contributed by atoms with Crippen LogP contribution < -0.4 is 0 Å². The van der Waals surface area contributed by atoms with Gasteiger partial charge >= 0.3 is 0 Å². The fraction of sp³-hybridized carbons (Fsp3) is 0.0682. The molecule has 0 spiro atoms. The Balaban J connectivity index is 1.36. The highest BCUT2D eigenvalue weighted by molar-refractivity contribution is 6.03. The Hall–Kier alpha value is -5.53. The maximum absolute atomic E-state index is 5.28. The van der Waals surface area contributed by atoms with Crippen molar-refractivity contribution in [3.63, 3.8) is 0 Å². The average molecular weight is 580 g/mol. The van der Waals surface area contributed by atoms with Gasteiger partial charge in [0.2, 0.25) is 0 Å². The topological polar surface area (TPSA) is 12.4 Å². The molecule has 1 nitrogen and oxygen atoms in total. The van der Waals surface area contributed by atoms with Gasteiger partial charge in [-0.1, -0.05) is 170 Å². The van der Waals surface area contributed by atoms with Crippen LogP contribution >= 0.6 is 0 Å². The van der Waals surface area contributed by atoms with Crippen LogP contribution in [0.1, 0.15) is 36.1 Å². The number of aryl methyl sites for hydroxylation is 1. The summed E-state index contributed by atoms with van der Waals surface area (Å²) < 4.78 is 0. The van der Waals surface area contributed by atoms with Crippen LogP contribution in [-0.2, 0) is 0 Å². The summed E-state index contributed by atoms with van der Waals surface area (Å²) in [6.45, 7) is 10.9. The van der Waals surface area contributed by atoms with Crippen molar-refractivity contribution in [1.29, 1.82) is 0 Å². The molecule has 0 aliphatic carbocycles. The van der Waals surface area contributed by atoms with E-state index in [0.717, 1.165) is 39.2 Å². The minimum atomic E-state index is 0.923. The highest BCUT2D eigenvalue weighted by Gasteiger charge is 2.13. The molecular weight excluding hydrogens is 542 g/mol. The van der Waals surface area contributed by atoms with Crippen LogP contribution in [0.3, 0.4) is 0 Å². The fourth-order valence-corrected chi connectivity index (χ4v) is 5.55. The fourth-order valence-electron chi connectivity index (χ4n) is 5.55. The van der Waals surface area contributed by atoms with Gasteiger partial charge in [0.1, 0.15) is 0 Å². The van der Waals surface area contributed by atoms with E-state index in [1.807, 2.05) is 12.1 Å². The van der Waals surface area contributed by atoms with Gasteiger partial charge in [0.05, 0.1) is 5.70 Å². The number of aliphatic imine (C=N–C) groups is 1. The normalized spacial score (nSPS) is 12.0. The van der Waals surface area contributed by atoms with Gasteiger partial charge in [-0.05, 0) is 76.4 Å². The average Bonchev–Trinajstić information content (AvgIpc) is 3.11. The van der Waals surface area contributed by atoms with Crippen molar-refractivity contribution in [3.8, 4) is 33.4 Å². The summed E-state index contributed by atoms with van der Waals surface area (Å²) in [6.07, 6.45) is 0. The second kappa shape index (κ2) is 13.4. The van der Waals surface area contributed by atoms with Crippen LogP contribution in [0.5, 0.6) is 0 Å². The maximum Gasteiger partial charge on any atom is 0.0740 e. The van der Waals surface area contributed by atoms with Gasteiger partial charge in [0.25, 0.3) is 0 Å². The molecule has 0 fully saturated rings. The van der Waals surface area contributed by atoms with Crippen molar-refractivity contribution >= 4 is 17.0 Å². The van der Waals surface area contributed by atoms with Crippen molar-refractivity contribution in [2.24, 2.45) is 4.99 Å². The Morgan fingerprint density at radius 3 is 1.22 bits per heavy atom. The lowest BCUT2D eigenvalue weighted by atomic mass is 9.94. The highest BCUT2D eigenvalue weighted by Crippen LogP contribution is 2.33. The highest BCUT2D eigenvalue weighted by atomic mass is 14.8. The van der Waals surface area contributed by atoms with Crippen molar-refractivity contribution in [3.05, 3.63) is 192 Å². The number of rotatable bonds is 8. The van der Waals surface area contributed by atoms with Gasteiger partial charge in [-0.2, -0.15) is 0 Å². The molecule has 0 unspecified atom stereocenters. The van der Waals surface area contributed by atoms with Gasteiger partial charge in [-0.3, -0.25) is 4.99 Å².